The van der Waals surface area contributed by atoms with Gasteiger partial charge in [-0.1, -0.05) is 41.9 Å². The molecule has 2 N–H and O–H groups in total. The summed E-state index contributed by atoms with van der Waals surface area (Å²) in [6.45, 7) is 11.0. The van der Waals surface area contributed by atoms with Gasteiger partial charge in [0.2, 0.25) is 5.12 Å². The largest absolute Gasteiger partial charge is 0.480 e. The number of aliphatic carboxylic acids is 1. The van der Waals surface area contributed by atoms with Crippen LogP contribution in [0.3, 0.4) is 0 Å². The van der Waals surface area contributed by atoms with Gasteiger partial charge in [0.25, 0.3) is 0 Å². The zero-order chi connectivity index (χ0) is 25.5. The number of carbonyl (C=O) groups is 2. The van der Waals surface area contributed by atoms with E-state index in [0.29, 0.717) is 18.9 Å². The average Bonchev–Trinajstić information content (AvgIpc) is 2.77. The Morgan fingerprint density at radius 2 is 1.83 bits per heavy atom. The Morgan fingerprint density at radius 3 is 2.43 bits per heavy atom. The smallest absolute Gasteiger partial charge is 0.408 e. The van der Waals surface area contributed by atoms with E-state index in [-0.39, 0.29) is 18.6 Å². The van der Waals surface area contributed by atoms with Gasteiger partial charge in [0.15, 0.2) is 0 Å². The summed E-state index contributed by atoms with van der Waals surface area (Å²) in [5.74, 6) is -0.473. The first-order chi connectivity index (χ1) is 16.4. The summed E-state index contributed by atoms with van der Waals surface area (Å²) in [4.78, 5) is 35.9. The van der Waals surface area contributed by atoms with E-state index in [0.717, 1.165) is 35.7 Å². The molecule has 0 saturated carbocycles. The molecule has 0 aromatic heterocycles. The third-order valence-electron chi connectivity index (χ3n) is 6.79. The maximum absolute atomic E-state index is 11.9. The molecule has 1 aromatic carbocycles. The van der Waals surface area contributed by atoms with Crippen LogP contribution in [0, 0.1) is 0 Å². The molecule has 3 aliphatic heterocycles. The number of aliphatic imine (C=N–C) groups is 1. The van der Waals surface area contributed by atoms with E-state index in [1.807, 2.05) is 30.0 Å². The average molecular weight is 504 g/mol. The van der Waals surface area contributed by atoms with Crippen LogP contribution in [0.15, 0.2) is 46.6 Å². The highest BCUT2D eigenvalue weighted by atomic mass is 35.5. The van der Waals surface area contributed by atoms with Crippen molar-refractivity contribution in [1.29, 1.82) is 0 Å². The molecule has 2 unspecified atom stereocenters. The number of hydrogen-bond donors (Lipinski definition) is 2. The van der Waals surface area contributed by atoms with Crippen molar-refractivity contribution in [2.45, 2.75) is 57.4 Å². The monoisotopic (exact) mass is 503 g/mol. The fourth-order valence-corrected chi connectivity index (χ4v) is 5.91. The number of halogens is 1. The molecule has 0 bridgehead atoms. The lowest BCUT2D eigenvalue weighted by Gasteiger charge is -2.53. The first-order valence-corrected chi connectivity index (χ1v) is 12.3. The molecule has 1 aromatic rings. The Labute approximate surface area is 211 Å². The maximum atomic E-state index is 11.9. The predicted octanol–water partition coefficient (Wildman–Crippen LogP) is 3.32. The van der Waals surface area contributed by atoms with E-state index < -0.39 is 23.2 Å². The van der Waals surface area contributed by atoms with Crippen LogP contribution in [-0.4, -0.2) is 97.1 Å². The second-order valence-electron chi connectivity index (χ2n) is 10.5. The van der Waals surface area contributed by atoms with E-state index in [1.54, 1.807) is 0 Å². The number of rotatable bonds is 3. The van der Waals surface area contributed by atoms with E-state index in [1.165, 1.54) is 5.56 Å². The minimum Gasteiger partial charge on any atom is -0.480 e. The molecule has 2 atom stereocenters. The summed E-state index contributed by atoms with van der Waals surface area (Å²) in [6, 6.07) is 9.19. The highest BCUT2D eigenvalue weighted by molar-refractivity contribution is 6.24. The number of amidine groups is 1. The Bertz CT molecular complexity index is 1050. The van der Waals surface area contributed by atoms with Gasteiger partial charge in [-0.2, -0.15) is 0 Å². The van der Waals surface area contributed by atoms with Crippen molar-refractivity contribution < 1.29 is 19.8 Å². The van der Waals surface area contributed by atoms with Crippen molar-refractivity contribution in [3.05, 3.63) is 47.2 Å². The van der Waals surface area contributed by atoms with Crippen LogP contribution >= 0.6 is 11.6 Å². The topological polar surface area (TPSA) is 99.9 Å². The molecule has 1 saturated heterocycles. The number of hydrogen-bond acceptors (Lipinski definition) is 6. The summed E-state index contributed by atoms with van der Waals surface area (Å²) in [7, 11) is 0. The number of amides is 1. The molecular formula is C25H34ClN5O4. The van der Waals surface area contributed by atoms with E-state index >= 15 is 0 Å². The first kappa shape index (κ1) is 25.3. The molecule has 1 fully saturated rings. The zero-order valence-electron chi connectivity index (χ0n) is 20.7. The van der Waals surface area contributed by atoms with Crippen LogP contribution in [0.2, 0.25) is 0 Å². The normalized spacial score (nSPS) is 25.9. The van der Waals surface area contributed by atoms with Gasteiger partial charge < -0.3 is 20.0 Å². The Hall–Kier alpha value is -2.78. The van der Waals surface area contributed by atoms with Crippen molar-refractivity contribution in [1.82, 2.24) is 19.6 Å². The number of piperazine rings is 1. The fraction of sp³-hybridized carbons (Fsp3) is 0.560. The van der Waals surface area contributed by atoms with Gasteiger partial charge >= 0.3 is 12.1 Å². The van der Waals surface area contributed by atoms with Gasteiger partial charge in [-0.3, -0.25) is 9.80 Å². The molecule has 4 rings (SSSR count). The summed E-state index contributed by atoms with van der Waals surface area (Å²) >= 11 is 7.08. The lowest BCUT2D eigenvalue weighted by molar-refractivity contribution is -0.144. The maximum Gasteiger partial charge on any atom is 0.408 e. The van der Waals surface area contributed by atoms with Crippen molar-refractivity contribution in [2.24, 2.45) is 4.99 Å². The van der Waals surface area contributed by atoms with Crippen LogP contribution < -0.4 is 0 Å². The summed E-state index contributed by atoms with van der Waals surface area (Å²) < 4.78 is 0. The van der Waals surface area contributed by atoms with Crippen LogP contribution in [0.25, 0.3) is 0 Å². The number of nitrogens with zero attached hydrogens (tertiary/aromatic N) is 5. The molecule has 3 heterocycles. The number of carboxylic acid groups (broad SMARTS) is 2. The predicted molar refractivity (Wildman–Crippen MR) is 134 cm³/mol. The second kappa shape index (κ2) is 9.35. The molecule has 10 heteroatoms. The lowest BCUT2D eigenvalue weighted by Crippen LogP contribution is -2.62. The van der Waals surface area contributed by atoms with Crippen LogP contribution in [0.1, 0.15) is 39.7 Å². The minimum absolute atomic E-state index is 0.0352. The quantitative estimate of drug-likeness (QED) is 0.482. The van der Waals surface area contributed by atoms with Crippen molar-refractivity contribution in [3.8, 4) is 0 Å². The number of carboxylic acids is 1. The zero-order valence-corrected chi connectivity index (χ0v) is 21.5. The molecule has 9 nitrogen and oxygen atoms in total. The van der Waals surface area contributed by atoms with Crippen molar-refractivity contribution in [2.75, 3.05) is 32.7 Å². The Balaban J connectivity index is 1.69. The number of benzene rings is 1. The standard InChI is InChI=1S/C25H34ClN5O4/c1-24(2,3)31-19-15-28(14-17-8-6-5-7-9-17)11-10-18(19)21(27-25(31,4)26)29-12-13-30(23(34)35)20(16-29)22(32)33/h5-9,20H,10-16H2,1-4H3,(H,32,33)(H,34,35). The molecule has 0 spiro atoms. The van der Waals surface area contributed by atoms with E-state index in [4.69, 9.17) is 16.6 Å². The highest BCUT2D eigenvalue weighted by Gasteiger charge is 2.47. The lowest BCUT2D eigenvalue weighted by atomic mass is 9.94. The molecular weight excluding hydrogens is 470 g/mol. The van der Waals surface area contributed by atoms with E-state index in [2.05, 4.69) is 42.7 Å². The molecule has 0 radical (unpaired) electrons. The molecule has 190 valence electrons. The summed E-state index contributed by atoms with van der Waals surface area (Å²) in [5.41, 5.74) is 3.10. The van der Waals surface area contributed by atoms with Crippen LogP contribution in [-0.2, 0) is 11.3 Å². The SMILES string of the molecule is CC(C)(C)N1C2=C(CCN(Cc3ccccc3)C2)C(N2CCN(C(=O)O)C(C(=O)O)C2)=NC1(C)Cl. The first-order valence-electron chi connectivity index (χ1n) is 11.9. The van der Waals surface area contributed by atoms with Crippen molar-refractivity contribution in [3.63, 3.8) is 0 Å². The van der Waals surface area contributed by atoms with Crippen molar-refractivity contribution >= 4 is 29.5 Å². The van der Waals surface area contributed by atoms with Crippen LogP contribution in [0.4, 0.5) is 4.79 Å². The van der Waals surface area contributed by atoms with Crippen LogP contribution in [0.5, 0.6) is 0 Å². The summed E-state index contributed by atoms with van der Waals surface area (Å²) in [5, 5.41) is 18.1. The van der Waals surface area contributed by atoms with Gasteiger partial charge in [-0.25, -0.2) is 14.6 Å². The molecule has 3 aliphatic rings. The van der Waals surface area contributed by atoms with Gasteiger partial charge in [-0.05, 0) is 39.7 Å². The Morgan fingerprint density at radius 1 is 1.14 bits per heavy atom. The van der Waals surface area contributed by atoms with Gasteiger partial charge in [0.05, 0.1) is 6.54 Å². The summed E-state index contributed by atoms with van der Waals surface area (Å²) in [6.07, 6.45) is -0.477. The van der Waals surface area contributed by atoms with Gasteiger partial charge in [0, 0.05) is 49.5 Å². The molecule has 0 aliphatic carbocycles. The van der Waals surface area contributed by atoms with E-state index in [9.17, 15) is 19.8 Å². The fourth-order valence-electron chi connectivity index (χ4n) is 5.47. The number of alkyl halides is 1. The van der Waals surface area contributed by atoms with Gasteiger partial charge in [0.1, 0.15) is 11.9 Å². The Kier molecular flexibility index (Phi) is 6.76. The molecule has 35 heavy (non-hydrogen) atoms. The third-order valence-corrected chi connectivity index (χ3v) is 7.04. The minimum atomic E-state index is -1.22. The molecule has 1 amide bonds. The highest BCUT2D eigenvalue weighted by Crippen LogP contribution is 2.42. The van der Waals surface area contributed by atoms with Gasteiger partial charge in [-0.15, -0.1) is 0 Å². The second-order valence-corrected chi connectivity index (χ2v) is 11.2. The third kappa shape index (κ3) is 5.11.